The van der Waals surface area contributed by atoms with Crippen molar-refractivity contribution in [2.45, 2.75) is 0 Å². The quantitative estimate of drug-likeness (QED) is 0.625. The van der Waals surface area contributed by atoms with Crippen LogP contribution in [0.2, 0.25) is 0 Å². The molecular formula is C16H8Br2N2O. The number of halogens is 2. The Hall–Kier alpha value is -1.90. The Kier molecular flexibility index (Phi) is 3.66. The maximum atomic E-state index is 12.7. The van der Waals surface area contributed by atoms with Crippen LogP contribution in [0.5, 0.6) is 0 Å². The summed E-state index contributed by atoms with van der Waals surface area (Å²) >= 11 is 6.77. The molecule has 1 N–H and O–H groups in total. The summed E-state index contributed by atoms with van der Waals surface area (Å²) in [5, 5.41) is 9.90. The molecule has 21 heavy (non-hydrogen) atoms. The number of nitrogens with one attached hydrogen (secondary N) is 1. The largest absolute Gasteiger partial charge is 0.360 e. The van der Waals surface area contributed by atoms with E-state index in [0.29, 0.717) is 26.5 Å². The normalized spacial score (nSPS) is 10.5. The Labute approximate surface area is 137 Å². The number of carbonyl (C=O) groups excluding carboxylic acids is 1. The van der Waals surface area contributed by atoms with Crippen molar-refractivity contribution in [3.05, 3.63) is 68.2 Å². The van der Waals surface area contributed by atoms with Crippen LogP contribution in [0, 0.1) is 11.3 Å². The van der Waals surface area contributed by atoms with E-state index in [2.05, 4.69) is 42.9 Å². The van der Waals surface area contributed by atoms with Crippen molar-refractivity contribution in [3.8, 4) is 6.07 Å². The number of rotatable bonds is 2. The number of nitrogens with zero attached hydrogens (tertiary/aromatic N) is 1. The number of aromatic amines is 1. The summed E-state index contributed by atoms with van der Waals surface area (Å²) in [5.74, 6) is -0.122. The van der Waals surface area contributed by atoms with Gasteiger partial charge in [-0.15, -0.1) is 0 Å². The van der Waals surface area contributed by atoms with Crippen molar-refractivity contribution in [1.29, 1.82) is 5.26 Å². The molecule has 0 bridgehead atoms. The van der Waals surface area contributed by atoms with Gasteiger partial charge >= 0.3 is 0 Å². The zero-order valence-corrected chi connectivity index (χ0v) is 13.8. The molecule has 0 spiro atoms. The molecule has 0 aliphatic heterocycles. The van der Waals surface area contributed by atoms with Gasteiger partial charge in [0.25, 0.3) is 0 Å². The maximum absolute atomic E-state index is 12.7. The van der Waals surface area contributed by atoms with Crippen LogP contribution in [-0.4, -0.2) is 10.8 Å². The van der Waals surface area contributed by atoms with E-state index < -0.39 is 0 Å². The Morgan fingerprint density at radius 3 is 2.67 bits per heavy atom. The first-order valence-corrected chi connectivity index (χ1v) is 7.70. The highest BCUT2D eigenvalue weighted by atomic mass is 79.9. The van der Waals surface area contributed by atoms with Crippen molar-refractivity contribution < 1.29 is 4.79 Å². The lowest BCUT2D eigenvalue weighted by atomic mass is 10.00. The molecule has 0 aliphatic carbocycles. The number of hydrogen-bond acceptors (Lipinski definition) is 2. The van der Waals surface area contributed by atoms with Crippen LogP contribution < -0.4 is 0 Å². The van der Waals surface area contributed by atoms with Gasteiger partial charge in [0.2, 0.25) is 0 Å². The predicted molar refractivity (Wildman–Crippen MR) is 88.3 cm³/mol. The number of carbonyl (C=O) groups is 1. The highest BCUT2D eigenvalue weighted by Crippen LogP contribution is 2.28. The molecule has 0 radical (unpaired) electrons. The summed E-state index contributed by atoms with van der Waals surface area (Å²) in [5.41, 5.74) is 2.34. The molecule has 2 aromatic carbocycles. The van der Waals surface area contributed by atoms with Crippen LogP contribution in [0.3, 0.4) is 0 Å². The van der Waals surface area contributed by atoms with Gasteiger partial charge < -0.3 is 4.98 Å². The topological polar surface area (TPSA) is 56.6 Å². The van der Waals surface area contributed by atoms with E-state index in [9.17, 15) is 10.1 Å². The summed E-state index contributed by atoms with van der Waals surface area (Å²) in [7, 11) is 0. The molecule has 0 amide bonds. The van der Waals surface area contributed by atoms with Crippen molar-refractivity contribution in [3.63, 3.8) is 0 Å². The lowest BCUT2D eigenvalue weighted by molar-refractivity contribution is 0.103. The zero-order valence-electron chi connectivity index (χ0n) is 10.7. The molecule has 1 heterocycles. The highest BCUT2D eigenvalue weighted by molar-refractivity contribution is 9.11. The van der Waals surface area contributed by atoms with Crippen LogP contribution in [0.4, 0.5) is 0 Å². The van der Waals surface area contributed by atoms with E-state index in [1.165, 1.54) is 0 Å². The first-order valence-electron chi connectivity index (χ1n) is 6.12. The Morgan fingerprint density at radius 2 is 1.95 bits per heavy atom. The number of benzene rings is 2. The van der Waals surface area contributed by atoms with Crippen molar-refractivity contribution in [1.82, 2.24) is 4.98 Å². The molecule has 0 saturated carbocycles. The van der Waals surface area contributed by atoms with Crippen LogP contribution in [-0.2, 0) is 0 Å². The number of nitriles is 1. The maximum Gasteiger partial charge on any atom is 0.196 e. The fraction of sp³-hybridized carbons (Fsp3) is 0. The number of fused-ring (bicyclic) bond motifs is 1. The molecule has 0 saturated heterocycles. The molecule has 0 aliphatic rings. The third-order valence-corrected chi connectivity index (χ3v) is 4.40. The van der Waals surface area contributed by atoms with E-state index in [-0.39, 0.29) is 5.78 Å². The van der Waals surface area contributed by atoms with Gasteiger partial charge in [0.15, 0.2) is 5.78 Å². The SMILES string of the molecule is N#Cc1cccc2[nH]cc(C(=O)c3ccc(Br)cc3Br)c12. The molecule has 102 valence electrons. The van der Waals surface area contributed by atoms with Gasteiger partial charge in [-0.2, -0.15) is 5.26 Å². The van der Waals surface area contributed by atoms with Crippen molar-refractivity contribution in [2.75, 3.05) is 0 Å². The summed E-state index contributed by atoms with van der Waals surface area (Å²) in [6.45, 7) is 0. The number of hydrogen-bond donors (Lipinski definition) is 1. The molecule has 5 heteroatoms. The van der Waals surface area contributed by atoms with E-state index in [4.69, 9.17) is 0 Å². The number of aromatic nitrogens is 1. The summed E-state index contributed by atoms with van der Waals surface area (Å²) in [6, 6.07) is 12.9. The van der Waals surface area contributed by atoms with E-state index in [1.54, 1.807) is 24.4 Å². The second kappa shape index (κ2) is 5.47. The van der Waals surface area contributed by atoms with Gasteiger partial charge in [0.05, 0.1) is 11.6 Å². The summed E-state index contributed by atoms with van der Waals surface area (Å²) < 4.78 is 1.60. The first-order chi connectivity index (χ1) is 10.1. The van der Waals surface area contributed by atoms with E-state index >= 15 is 0 Å². The van der Waals surface area contributed by atoms with Crippen LogP contribution in [0.1, 0.15) is 21.5 Å². The van der Waals surface area contributed by atoms with Gasteiger partial charge in [0.1, 0.15) is 0 Å². The highest BCUT2D eigenvalue weighted by Gasteiger charge is 2.18. The minimum absolute atomic E-state index is 0.122. The van der Waals surface area contributed by atoms with Crippen molar-refractivity contribution in [2.24, 2.45) is 0 Å². The van der Waals surface area contributed by atoms with Gasteiger partial charge in [-0.1, -0.05) is 22.0 Å². The van der Waals surface area contributed by atoms with Gasteiger partial charge in [0, 0.05) is 37.2 Å². The lowest BCUT2D eigenvalue weighted by Crippen LogP contribution is -2.02. The number of H-pyrrole nitrogens is 1. The molecule has 3 aromatic rings. The Morgan fingerprint density at radius 1 is 1.14 bits per heavy atom. The predicted octanol–water partition coefficient (Wildman–Crippen LogP) is 4.80. The van der Waals surface area contributed by atoms with Gasteiger partial charge in [-0.3, -0.25) is 4.79 Å². The van der Waals surface area contributed by atoms with Crippen LogP contribution in [0.25, 0.3) is 10.9 Å². The average molecular weight is 404 g/mol. The summed E-state index contributed by atoms with van der Waals surface area (Å²) in [4.78, 5) is 15.8. The fourth-order valence-corrected chi connectivity index (χ4v) is 3.50. The molecule has 0 unspecified atom stereocenters. The summed E-state index contributed by atoms with van der Waals surface area (Å²) in [6.07, 6.45) is 1.66. The molecule has 3 nitrogen and oxygen atoms in total. The minimum Gasteiger partial charge on any atom is -0.360 e. The molecule has 0 atom stereocenters. The molecule has 1 aromatic heterocycles. The monoisotopic (exact) mass is 402 g/mol. The zero-order chi connectivity index (χ0) is 15.0. The number of ketones is 1. The minimum atomic E-state index is -0.122. The average Bonchev–Trinajstić information content (AvgIpc) is 2.90. The molecular weight excluding hydrogens is 396 g/mol. The first kappa shape index (κ1) is 14.1. The second-order valence-electron chi connectivity index (χ2n) is 4.50. The van der Waals surface area contributed by atoms with E-state index in [1.807, 2.05) is 18.2 Å². The second-order valence-corrected chi connectivity index (χ2v) is 6.27. The standard InChI is InChI=1S/C16H8Br2N2O/c17-10-4-5-11(13(18)6-10)16(21)12-8-20-14-3-1-2-9(7-19)15(12)14/h1-6,8,20H. The van der Waals surface area contributed by atoms with Gasteiger partial charge in [-0.05, 0) is 46.3 Å². The van der Waals surface area contributed by atoms with Gasteiger partial charge in [-0.25, -0.2) is 0 Å². The fourth-order valence-electron chi connectivity index (χ4n) is 2.28. The lowest BCUT2D eigenvalue weighted by Gasteiger charge is -2.04. The van der Waals surface area contributed by atoms with Crippen LogP contribution >= 0.6 is 31.9 Å². The Bertz CT molecular complexity index is 906. The molecule has 0 fully saturated rings. The third kappa shape index (κ3) is 2.41. The smallest absolute Gasteiger partial charge is 0.196 e. The molecule has 3 rings (SSSR count). The third-order valence-electron chi connectivity index (χ3n) is 3.25. The van der Waals surface area contributed by atoms with Crippen molar-refractivity contribution >= 4 is 48.5 Å². The van der Waals surface area contributed by atoms with Crippen LogP contribution in [0.15, 0.2) is 51.5 Å². The van der Waals surface area contributed by atoms with E-state index in [0.717, 1.165) is 9.99 Å². The Balaban J connectivity index is 2.21.